The third-order valence-corrected chi connectivity index (χ3v) is 12.2. The molecule has 2 saturated carbocycles. The van der Waals surface area contributed by atoms with Crippen LogP contribution in [0.5, 0.6) is 5.75 Å². The highest BCUT2D eigenvalue weighted by molar-refractivity contribution is 5.95. The molecule has 4 aromatic rings. The minimum atomic E-state index is -0.893. The maximum absolute atomic E-state index is 14.4. The molecule has 6 bridgehead atoms. The van der Waals surface area contributed by atoms with E-state index in [0.29, 0.717) is 44.2 Å². The lowest BCUT2D eigenvalue weighted by Gasteiger charge is -2.36. The SMILES string of the molecule is CCn1c(-c2cccnc2[C@H](C)OC)c2c3cc(ccc31)-c1cc(O)cc(c1)C[C@H](NC(=O)C(C1CC1)C1CC1)C(=O)N1CCC[C@H](N1)C(=O)OCC(C)(C)C2. The molecule has 2 aliphatic carbocycles. The van der Waals surface area contributed by atoms with Gasteiger partial charge in [-0.3, -0.25) is 24.4 Å². The van der Waals surface area contributed by atoms with Gasteiger partial charge < -0.3 is 24.5 Å². The molecule has 3 atom stereocenters. The lowest BCUT2D eigenvalue weighted by Crippen LogP contribution is -2.61. The van der Waals surface area contributed by atoms with Crippen LogP contribution in [0, 0.1) is 23.2 Å². The third kappa shape index (κ3) is 7.68. The molecule has 296 valence electrons. The number of phenolic OH excluding ortho intramolecular Hbond substituents is 1. The van der Waals surface area contributed by atoms with Crippen LogP contribution in [-0.2, 0) is 43.2 Å². The van der Waals surface area contributed by atoms with Gasteiger partial charge in [0.1, 0.15) is 17.8 Å². The van der Waals surface area contributed by atoms with Gasteiger partial charge >= 0.3 is 5.97 Å². The number of nitrogens with one attached hydrogen (secondary N) is 2. The second-order valence-corrected chi connectivity index (χ2v) is 17.2. The molecule has 3 N–H and O–H groups in total. The number of aryl methyl sites for hydroxylation is 1. The molecule has 0 spiro atoms. The maximum atomic E-state index is 14.4. The van der Waals surface area contributed by atoms with Crippen molar-refractivity contribution >= 4 is 28.7 Å². The average molecular weight is 762 g/mol. The van der Waals surface area contributed by atoms with E-state index in [1.54, 1.807) is 25.4 Å². The number of carbonyl (C=O) groups excluding carboxylic acids is 3. The number of aromatic hydroxyl groups is 1. The summed E-state index contributed by atoms with van der Waals surface area (Å²) in [6.07, 6.45) is 7.64. The fourth-order valence-electron chi connectivity index (χ4n) is 9.06. The van der Waals surface area contributed by atoms with Gasteiger partial charge in [0.25, 0.3) is 5.91 Å². The number of methoxy groups -OCH3 is 1. The van der Waals surface area contributed by atoms with E-state index in [0.717, 1.165) is 75.8 Å². The zero-order valence-electron chi connectivity index (χ0n) is 33.3. The van der Waals surface area contributed by atoms with Crippen LogP contribution in [-0.4, -0.2) is 69.8 Å². The molecule has 8 rings (SSSR count). The molecule has 4 aliphatic rings. The Morgan fingerprint density at radius 3 is 2.55 bits per heavy atom. The highest BCUT2D eigenvalue weighted by Crippen LogP contribution is 2.49. The number of hydrogen-bond acceptors (Lipinski definition) is 8. The van der Waals surface area contributed by atoms with E-state index in [-0.39, 0.29) is 42.6 Å². The number of benzene rings is 2. The van der Waals surface area contributed by atoms with Gasteiger partial charge in [0.15, 0.2) is 0 Å². The van der Waals surface area contributed by atoms with Crippen molar-refractivity contribution in [3.8, 4) is 28.1 Å². The molecular weight excluding hydrogens is 707 g/mol. The first-order valence-corrected chi connectivity index (χ1v) is 20.5. The number of phenols is 1. The number of esters is 1. The summed E-state index contributed by atoms with van der Waals surface area (Å²) >= 11 is 0. The van der Waals surface area contributed by atoms with Crippen molar-refractivity contribution in [3.05, 3.63) is 71.5 Å². The van der Waals surface area contributed by atoms with Crippen molar-refractivity contribution in [2.45, 2.75) is 104 Å². The number of rotatable bonds is 8. The van der Waals surface area contributed by atoms with Gasteiger partial charge in [0, 0.05) is 60.6 Å². The number of pyridine rings is 1. The summed E-state index contributed by atoms with van der Waals surface area (Å²) in [6.45, 7) is 9.64. The average Bonchev–Trinajstić information content (AvgIpc) is 4.15. The Morgan fingerprint density at radius 2 is 1.84 bits per heavy atom. The number of hydrazine groups is 1. The lowest BCUT2D eigenvalue weighted by molar-refractivity contribution is -0.155. The van der Waals surface area contributed by atoms with E-state index in [1.807, 2.05) is 19.1 Å². The molecule has 0 unspecified atom stereocenters. The normalized spacial score (nSPS) is 22.1. The van der Waals surface area contributed by atoms with E-state index >= 15 is 0 Å². The van der Waals surface area contributed by atoms with E-state index in [4.69, 9.17) is 14.5 Å². The van der Waals surface area contributed by atoms with E-state index in [1.165, 1.54) is 5.01 Å². The highest BCUT2D eigenvalue weighted by Gasteiger charge is 2.46. The predicted molar refractivity (Wildman–Crippen MR) is 214 cm³/mol. The molecule has 4 heterocycles. The van der Waals surface area contributed by atoms with Crippen LogP contribution < -0.4 is 10.7 Å². The minimum absolute atomic E-state index is 0.0723. The van der Waals surface area contributed by atoms with Gasteiger partial charge in [-0.05, 0) is 129 Å². The number of fused-ring (bicyclic) bond motifs is 6. The second kappa shape index (κ2) is 15.3. The molecule has 2 amide bonds. The molecule has 0 radical (unpaired) electrons. The van der Waals surface area contributed by atoms with Crippen molar-refractivity contribution in [2.75, 3.05) is 20.3 Å². The number of hydrogen-bond donors (Lipinski definition) is 3. The monoisotopic (exact) mass is 761 g/mol. The molecule has 1 saturated heterocycles. The molecule has 2 aromatic heterocycles. The first-order valence-electron chi connectivity index (χ1n) is 20.5. The first kappa shape index (κ1) is 38.1. The highest BCUT2D eigenvalue weighted by atomic mass is 16.5. The van der Waals surface area contributed by atoms with Crippen LogP contribution in [0.15, 0.2) is 54.7 Å². The Labute approximate surface area is 329 Å². The fraction of sp³-hybridized carbons (Fsp3) is 0.511. The second-order valence-electron chi connectivity index (χ2n) is 17.2. The number of aromatic nitrogens is 2. The number of carbonyl (C=O) groups is 3. The molecule has 2 aromatic carbocycles. The van der Waals surface area contributed by atoms with E-state index in [9.17, 15) is 19.5 Å². The summed E-state index contributed by atoms with van der Waals surface area (Å²) in [5, 5.41) is 16.9. The molecule has 56 heavy (non-hydrogen) atoms. The third-order valence-electron chi connectivity index (χ3n) is 12.2. The Kier molecular flexibility index (Phi) is 10.4. The summed E-state index contributed by atoms with van der Waals surface area (Å²) in [4.78, 5) is 46.9. The van der Waals surface area contributed by atoms with Gasteiger partial charge in [-0.2, -0.15) is 0 Å². The van der Waals surface area contributed by atoms with Crippen LogP contribution in [0.2, 0.25) is 0 Å². The van der Waals surface area contributed by atoms with Crippen molar-refractivity contribution in [1.29, 1.82) is 0 Å². The van der Waals surface area contributed by atoms with Crippen LogP contribution >= 0.6 is 0 Å². The quantitative estimate of drug-likeness (QED) is 0.165. The summed E-state index contributed by atoms with van der Waals surface area (Å²) in [7, 11) is 1.69. The number of amides is 2. The van der Waals surface area contributed by atoms with Crippen LogP contribution in [0.1, 0.15) is 89.1 Å². The molecular formula is C45H55N5O6. The van der Waals surface area contributed by atoms with Crippen molar-refractivity contribution in [3.63, 3.8) is 0 Å². The molecule has 2 aliphatic heterocycles. The number of nitrogens with zero attached hydrogens (tertiary/aromatic N) is 3. The van der Waals surface area contributed by atoms with Gasteiger partial charge in [0.05, 0.1) is 24.1 Å². The largest absolute Gasteiger partial charge is 0.508 e. The van der Waals surface area contributed by atoms with Gasteiger partial charge in [-0.1, -0.05) is 26.0 Å². The van der Waals surface area contributed by atoms with E-state index < -0.39 is 23.5 Å². The van der Waals surface area contributed by atoms with E-state index in [2.05, 4.69) is 60.3 Å². The first-order chi connectivity index (χ1) is 26.9. The smallest absolute Gasteiger partial charge is 0.324 e. The zero-order valence-corrected chi connectivity index (χ0v) is 33.3. The Balaban J connectivity index is 1.26. The summed E-state index contributed by atoms with van der Waals surface area (Å²) in [5.74, 6) is -0.0361. The Morgan fingerprint density at radius 1 is 1.07 bits per heavy atom. The predicted octanol–water partition coefficient (Wildman–Crippen LogP) is 6.89. The fourth-order valence-corrected chi connectivity index (χ4v) is 9.06. The maximum Gasteiger partial charge on any atom is 0.324 e. The number of cyclic esters (lactones) is 1. The molecule has 11 nitrogen and oxygen atoms in total. The van der Waals surface area contributed by atoms with Crippen LogP contribution in [0.25, 0.3) is 33.3 Å². The van der Waals surface area contributed by atoms with Crippen molar-refractivity contribution in [1.82, 2.24) is 25.3 Å². The zero-order chi connectivity index (χ0) is 39.3. The topological polar surface area (TPSA) is 135 Å². The Bertz CT molecular complexity index is 2140. The minimum Gasteiger partial charge on any atom is -0.508 e. The van der Waals surface area contributed by atoms with Crippen molar-refractivity contribution in [2.24, 2.45) is 23.2 Å². The van der Waals surface area contributed by atoms with Gasteiger partial charge in [-0.25, -0.2) is 5.43 Å². The van der Waals surface area contributed by atoms with Crippen LogP contribution in [0.3, 0.4) is 0 Å². The summed E-state index contributed by atoms with van der Waals surface area (Å²) in [6, 6.07) is 14.3. The number of ether oxygens (including phenoxy) is 2. The van der Waals surface area contributed by atoms with Crippen molar-refractivity contribution < 1.29 is 29.0 Å². The molecule has 11 heteroatoms. The van der Waals surface area contributed by atoms with Gasteiger partial charge in [0.2, 0.25) is 5.91 Å². The standard InChI is InChI=1S/C45H55N5O6/c1-6-49-38-16-15-30-23-34(38)35(41(49)33-9-7-17-46-40(33)26(2)55-5)24-45(3,4)25-56-44(54)36-10-8-18-50(48-36)43(53)37(21-27-19-31(30)22-32(51)20-27)47-42(52)39(28-11-12-28)29-13-14-29/h7,9,15-17,19-20,22-23,26,28-29,36-37,39,48,51H,6,8,10-14,18,21,24-25H2,1-5H3,(H,47,52)/t26-,36-,37-/m0/s1. The Hall–Kier alpha value is -4.74. The van der Waals surface area contributed by atoms with Crippen LogP contribution in [0.4, 0.5) is 0 Å². The lowest BCUT2D eigenvalue weighted by atomic mass is 9.84. The summed E-state index contributed by atoms with van der Waals surface area (Å²) < 4.78 is 14.2. The molecule has 3 fully saturated rings. The van der Waals surface area contributed by atoms with Gasteiger partial charge in [-0.15, -0.1) is 0 Å². The summed E-state index contributed by atoms with van der Waals surface area (Å²) in [5.41, 5.74) is 10.2.